The highest BCUT2D eigenvalue weighted by atomic mass is 16.5. The number of nitrogens with one attached hydrogen (secondary N) is 1. The summed E-state index contributed by atoms with van der Waals surface area (Å²) in [6, 6.07) is -0.372. The molecule has 1 aliphatic rings. The lowest BCUT2D eigenvalue weighted by Gasteiger charge is -2.36. The van der Waals surface area contributed by atoms with Gasteiger partial charge in [-0.2, -0.15) is 0 Å². The summed E-state index contributed by atoms with van der Waals surface area (Å²) >= 11 is 0. The molecule has 1 unspecified atom stereocenters. The molecular weight excluding hydrogens is 270 g/mol. The van der Waals surface area contributed by atoms with Crippen LogP contribution in [0.3, 0.4) is 0 Å². The molecule has 2 rings (SSSR count). The highest BCUT2D eigenvalue weighted by molar-refractivity contribution is 5.85. The van der Waals surface area contributed by atoms with E-state index in [0.717, 1.165) is 24.2 Å². The lowest BCUT2D eigenvalue weighted by molar-refractivity contribution is -0.124. The third kappa shape index (κ3) is 3.41. The van der Waals surface area contributed by atoms with E-state index in [2.05, 4.69) is 22.2 Å². The van der Waals surface area contributed by atoms with E-state index >= 15 is 0 Å². The maximum Gasteiger partial charge on any atom is 0.245 e. The number of nitrogens with two attached hydrogens (primary N) is 1. The van der Waals surface area contributed by atoms with Crippen molar-refractivity contribution in [3.05, 3.63) is 11.9 Å². The van der Waals surface area contributed by atoms with Crippen LogP contribution in [0.25, 0.3) is 0 Å². The van der Waals surface area contributed by atoms with E-state index in [0.29, 0.717) is 32.1 Å². The zero-order valence-electron chi connectivity index (χ0n) is 12.6. The third-order valence-corrected chi connectivity index (χ3v) is 3.51. The molecule has 2 heterocycles. The number of anilines is 2. The van der Waals surface area contributed by atoms with E-state index in [1.54, 1.807) is 0 Å². The summed E-state index contributed by atoms with van der Waals surface area (Å²) in [6.45, 7) is 6.13. The molecule has 0 saturated carbocycles. The van der Waals surface area contributed by atoms with Crippen LogP contribution < -0.4 is 16.0 Å². The third-order valence-electron chi connectivity index (χ3n) is 3.51. The molecule has 0 aliphatic carbocycles. The maximum absolute atomic E-state index is 12.2. The van der Waals surface area contributed by atoms with E-state index in [1.165, 1.54) is 6.33 Å². The number of amides is 1. The topological polar surface area (TPSA) is 93.4 Å². The zero-order valence-corrected chi connectivity index (χ0v) is 12.6. The van der Waals surface area contributed by atoms with Crippen molar-refractivity contribution in [3.8, 4) is 0 Å². The number of hydrogen-bond acceptors (Lipinski definition) is 6. The first kappa shape index (κ1) is 15.5. The number of ether oxygens (including phenoxy) is 1. The summed E-state index contributed by atoms with van der Waals surface area (Å²) < 4.78 is 5.45. The van der Waals surface area contributed by atoms with Crippen LogP contribution in [0.1, 0.15) is 25.8 Å². The van der Waals surface area contributed by atoms with Crippen molar-refractivity contribution in [2.24, 2.45) is 0 Å². The van der Waals surface area contributed by atoms with Gasteiger partial charge < -0.3 is 20.7 Å². The Hall–Kier alpha value is -1.89. The summed E-state index contributed by atoms with van der Waals surface area (Å²) in [5, 5.41) is 2.85. The van der Waals surface area contributed by atoms with Crippen LogP contribution in [0.5, 0.6) is 0 Å². The Labute approximate surface area is 124 Å². The fourth-order valence-corrected chi connectivity index (χ4v) is 2.52. The first-order valence-electron chi connectivity index (χ1n) is 7.40. The van der Waals surface area contributed by atoms with Gasteiger partial charge in [0.1, 0.15) is 24.0 Å². The van der Waals surface area contributed by atoms with E-state index < -0.39 is 0 Å². The second kappa shape index (κ2) is 7.21. The quantitative estimate of drug-likeness (QED) is 0.814. The average molecular weight is 293 g/mol. The number of likely N-dealkylation sites (N-methyl/N-ethyl adjacent to an activating group) is 1. The van der Waals surface area contributed by atoms with Crippen LogP contribution in [-0.2, 0) is 16.0 Å². The molecule has 116 valence electrons. The number of hydrogen-bond donors (Lipinski definition) is 2. The minimum absolute atomic E-state index is 0.0446. The van der Waals surface area contributed by atoms with Crippen LogP contribution in [0.4, 0.5) is 11.6 Å². The van der Waals surface area contributed by atoms with Gasteiger partial charge in [-0.05, 0) is 13.3 Å². The number of aromatic nitrogens is 2. The molecule has 1 aliphatic heterocycles. The second-order valence-electron chi connectivity index (χ2n) is 4.99. The van der Waals surface area contributed by atoms with Gasteiger partial charge in [-0.15, -0.1) is 0 Å². The summed E-state index contributed by atoms with van der Waals surface area (Å²) in [5.74, 6) is 1.20. The lowest BCUT2D eigenvalue weighted by Crippen LogP contribution is -2.54. The van der Waals surface area contributed by atoms with Gasteiger partial charge >= 0.3 is 0 Å². The van der Waals surface area contributed by atoms with Crippen molar-refractivity contribution in [2.45, 2.75) is 32.7 Å². The molecule has 3 N–H and O–H groups in total. The van der Waals surface area contributed by atoms with Gasteiger partial charge in [-0.25, -0.2) is 9.97 Å². The van der Waals surface area contributed by atoms with Crippen molar-refractivity contribution >= 4 is 17.5 Å². The van der Waals surface area contributed by atoms with Crippen molar-refractivity contribution in [1.29, 1.82) is 0 Å². The summed E-state index contributed by atoms with van der Waals surface area (Å²) in [6.07, 6.45) is 3.19. The standard InChI is InChI=1S/C14H23N5O2/c1-3-5-10-12(15)17-9-18-13(10)19-6-7-21-8-11(19)14(20)16-4-2/h9,11H,3-8H2,1-2H3,(H,16,20)(H2,15,17,18). The number of carbonyl (C=O) groups is 1. The Morgan fingerprint density at radius 3 is 3.05 bits per heavy atom. The number of nitrogens with zero attached hydrogens (tertiary/aromatic N) is 3. The Morgan fingerprint density at radius 1 is 1.52 bits per heavy atom. The number of morpholine rings is 1. The summed E-state index contributed by atoms with van der Waals surface area (Å²) in [5.41, 5.74) is 6.90. The van der Waals surface area contributed by atoms with Gasteiger partial charge in [0.25, 0.3) is 0 Å². The average Bonchev–Trinajstić information content (AvgIpc) is 2.50. The number of rotatable bonds is 5. The van der Waals surface area contributed by atoms with E-state index in [4.69, 9.17) is 10.5 Å². The molecular formula is C14H23N5O2. The molecule has 0 aromatic carbocycles. The Bertz CT molecular complexity index is 494. The predicted molar refractivity (Wildman–Crippen MR) is 81.1 cm³/mol. The van der Waals surface area contributed by atoms with Gasteiger partial charge in [0.2, 0.25) is 5.91 Å². The van der Waals surface area contributed by atoms with E-state index in [1.807, 2.05) is 11.8 Å². The first-order chi connectivity index (χ1) is 10.2. The highest BCUT2D eigenvalue weighted by Gasteiger charge is 2.31. The lowest BCUT2D eigenvalue weighted by atomic mass is 10.1. The van der Waals surface area contributed by atoms with Crippen molar-refractivity contribution in [1.82, 2.24) is 15.3 Å². The molecule has 1 atom stereocenters. The van der Waals surface area contributed by atoms with Crippen LogP contribution in [0.2, 0.25) is 0 Å². The van der Waals surface area contributed by atoms with Crippen LogP contribution in [0.15, 0.2) is 6.33 Å². The minimum Gasteiger partial charge on any atom is -0.383 e. The Morgan fingerprint density at radius 2 is 2.33 bits per heavy atom. The molecule has 7 nitrogen and oxygen atoms in total. The molecule has 1 saturated heterocycles. The normalized spacial score (nSPS) is 18.6. The van der Waals surface area contributed by atoms with Gasteiger partial charge in [0, 0.05) is 18.7 Å². The minimum atomic E-state index is -0.372. The second-order valence-corrected chi connectivity index (χ2v) is 4.99. The smallest absolute Gasteiger partial charge is 0.245 e. The van der Waals surface area contributed by atoms with E-state index in [-0.39, 0.29) is 11.9 Å². The SMILES string of the molecule is CCCc1c(N)ncnc1N1CCOCC1C(=O)NCC. The molecule has 1 amide bonds. The van der Waals surface area contributed by atoms with Crippen molar-refractivity contribution in [3.63, 3.8) is 0 Å². The summed E-state index contributed by atoms with van der Waals surface area (Å²) in [7, 11) is 0. The number of carbonyl (C=O) groups excluding carboxylic acids is 1. The van der Waals surface area contributed by atoms with Gasteiger partial charge in [0.15, 0.2) is 0 Å². The first-order valence-corrected chi connectivity index (χ1v) is 7.40. The zero-order chi connectivity index (χ0) is 15.2. The molecule has 0 spiro atoms. The van der Waals surface area contributed by atoms with Gasteiger partial charge in [0.05, 0.1) is 13.2 Å². The highest BCUT2D eigenvalue weighted by Crippen LogP contribution is 2.26. The fraction of sp³-hybridized carbons (Fsp3) is 0.643. The van der Waals surface area contributed by atoms with Crippen LogP contribution in [0, 0.1) is 0 Å². The molecule has 7 heteroatoms. The Kier molecular flexibility index (Phi) is 5.32. The predicted octanol–water partition coefficient (Wildman–Crippen LogP) is 0.353. The molecule has 1 fully saturated rings. The number of nitrogen functional groups attached to an aromatic ring is 1. The maximum atomic E-state index is 12.2. The summed E-state index contributed by atoms with van der Waals surface area (Å²) in [4.78, 5) is 22.7. The monoisotopic (exact) mass is 293 g/mol. The van der Waals surface area contributed by atoms with Crippen molar-refractivity contribution in [2.75, 3.05) is 36.9 Å². The largest absolute Gasteiger partial charge is 0.383 e. The fourth-order valence-electron chi connectivity index (χ4n) is 2.52. The molecule has 0 bridgehead atoms. The van der Waals surface area contributed by atoms with Gasteiger partial charge in [-0.1, -0.05) is 13.3 Å². The molecule has 21 heavy (non-hydrogen) atoms. The molecule has 0 radical (unpaired) electrons. The molecule has 1 aromatic rings. The van der Waals surface area contributed by atoms with Crippen LogP contribution in [-0.4, -0.2) is 48.2 Å². The van der Waals surface area contributed by atoms with E-state index in [9.17, 15) is 4.79 Å². The van der Waals surface area contributed by atoms with Gasteiger partial charge in [-0.3, -0.25) is 4.79 Å². The van der Waals surface area contributed by atoms with Crippen molar-refractivity contribution < 1.29 is 9.53 Å². The Balaban J connectivity index is 2.33. The molecule has 1 aromatic heterocycles. The van der Waals surface area contributed by atoms with Crippen LogP contribution >= 0.6 is 0 Å².